The molecule has 5 heteroatoms. The van der Waals surface area contributed by atoms with Crippen LogP contribution in [0.3, 0.4) is 0 Å². The van der Waals surface area contributed by atoms with Crippen molar-refractivity contribution in [1.82, 2.24) is 0 Å². The number of phenols is 2. The zero-order chi connectivity index (χ0) is 20.9. The molecule has 1 aliphatic carbocycles. The molecule has 152 valence electrons. The van der Waals surface area contributed by atoms with Crippen molar-refractivity contribution in [2.75, 3.05) is 0 Å². The van der Waals surface area contributed by atoms with Crippen molar-refractivity contribution < 1.29 is 19.7 Å². The summed E-state index contributed by atoms with van der Waals surface area (Å²) in [6.45, 7) is 0. The van der Waals surface area contributed by atoms with Crippen LogP contribution in [0.5, 0.6) is 17.2 Å². The van der Waals surface area contributed by atoms with Gasteiger partial charge in [0.1, 0.15) is 17.2 Å². The lowest BCUT2D eigenvalue weighted by Crippen LogP contribution is -2.08. The maximum absolute atomic E-state index is 12.1. The maximum Gasteiger partial charge on any atom is 0.343 e. The molecule has 3 aromatic carbocycles. The highest BCUT2D eigenvalue weighted by atomic mass is 16.5. The van der Waals surface area contributed by atoms with E-state index < -0.39 is 5.97 Å². The molecule has 0 bridgehead atoms. The van der Waals surface area contributed by atoms with Crippen molar-refractivity contribution in [2.24, 2.45) is 4.99 Å². The van der Waals surface area contributed by atoms with Crippen molar-refractivity contribution >= 4 is 17.9 Å². The van der Waals surface area contributed by atoms with E-state index in [1.54, 1.807) is 18.3 Å². The van der Waals surface area contributed by atoms with Crippen LogP contribution in [0.1, 0.15) is 53.1 Å². The Labute approximate surface area is 175 Å². The van der Waals surface area contributed by atoms with E-state index in [1.807, 2.05) is 12.1 Å². The molecule has 0 saturated heterocycles. The fraction of sp³-hybridized carbons (Fsp3) is 0.200. The highest BCUT2D eigenvalue weighted by molar-refractivity contribution is 5.91. The Bertz CT molecular complexity index is 1050. The molecule has 0 aromatic heterocycles. The van der Waals surface area contributed by atoms with Crippen LogP contribution < -0.4 is 4.74 Å². The topological polar surface area (TPSA) is 79.1 Å². The fourth-order valence-corrected chi connectivity index (χ4v) is 3.70. The summed E-state index contributed by atoms with van der Waals surface area (Å²) in [6.07, 6.45) is 6.74. The summed E-state index contributed by atoms with van der Waals surface area (Å²) < 4.78 is 5.28. The number of phenolic OH excluding ortho intramolecular Hbond substituents is 2. The number of rotatable bonds is 5. The average molecular weight is 401 g/mol. The Hall–Kier alpha value is -3.60. The molecule has 0 atom stereocenters. The highest BCUT2D eigenvalue weighted by Gasteiger charge is 2.16. The number of carbonyl (C=O) groups excluding carboxylic acids is 1. The number of hydrogen-bond donors (Lipinski definition) is 2. The van der Waals surface area contributed by atoms with Crippen molar-refractivity contribution in [2.45, 2.75) is 31.6 Å². The second-order valence-electron chi connectivity index (χ2n) is 7.49. The second-order valence-corrected chi connectivity index (χ2v) is 7.49. The van der Waals surface area contributed by atoms with Crippen molar-refractivity contribution in [3.05, 3.63) is 83.4 Å². The molecule has 30 heavy (non-hydrogen) atoms. The van der Waals surface area contributed by atoms with E-state index in [0.29, 0.717) is 17.0 Å². The quantitative estimate of drug-likeness (QED) is 0.325. The smallest absolute Gasteiger partial charge is 0.343 e. The standard InChI is InChI=1S/C25H23NO4/c27-22-12-7-19(8-13-22)25(29)30-23-14-9-20(24(28)15-23)16-26-21-10-5-18(6-11-21)17-3-1-2-4-17/h5-17,27-28H,1-4H2. The summed E-state index contributed by atoms with van der Waals surface area (Å²) in [6, 6.07) is 18.6. The molecule has 0 amide bonds. The molecule has 0 radical (unpaired) electrons. The number of nitrogens with zero attached hydrogens (tertiary/aromatic N) is 1. The Morgan fingerprint density at radius 1 is 0.933 bits per heavy atom. The normalized spacial score (nSPS) is 14.3. The molecule has 0 unspecified atom stereocenters. The number of aliphatic imine (C=N–C) groups is 1. The fourth-order valence-electron chi connectivity index (χ4n) is 3.70. The molecular weight excluding hydrogens is 378 g/mol. The van der Waals surface area contributed by atoms with Gasteiger partial charge in [0, 0.05) is 17.8 Å². The monoisotopic (exact) mass is 401 g/mol. The van der Waals surface area contributed by atoms with Gasteiger partial charge in [0.05, 0.1) is 11.3 Å². The van der Waals surface area contributed by atoms with Gasteiger partial charge in [-0.25, -0.2) is 4.79 Å². The zero-order valence-electron chi connectivity index (χ0n) is 16.5. The first-order valence-corrected chi connectivity index (χ1v) is 10.1. The molecule has 3 aromatic rings. The molecule has 1 fully saturated rings. The van der Waals surface area contributed by atoms with Gasteiger partial charge in [-0.15, -0.1) is 0 Å². The third-order valence-electron chi connectivity index (χ3n) is 5.39. The predicted molar refractivity (Wildman–Crippen MR) is 116 cm³/mol. The van der Waals surface area contributed by atoms with Crippen molar-refractivity contribution in [3.8, 4) is 17.2 Å². The lowest BCUT2D eigenvalue weighted by Gasteiger charge is -2.09. The van der Waals surface area contributed by atoms with Crippen LogP contribution in [0.4, 0.5) is 5.69 Å². The van der Waals surface area contributed by atoms with Crippen LogP contribution >= 0.6 is 0 Å². The van der Waals surface area contributed by atoms with Gasteiger partial charge in [0.25, 0.3) is 0 Å². The lowest BCUT2D eigenvalue weighted by atomic mass is 9.98. The van der Waals surface area contributed by atoms with Crippen LogP contribution in [0.2, 0.25) is 0 Å². The first-order valence-electron chi connectivity index (χ1n) is 10.1. The van der Waals surface area contributed by atoms with E-state index in [-0.39, 0.29) is 17.2 Å². The zero-order valence-corrected chi connectivity index (χ0v) is 16.5. The van der Waals surface area contributed by atoms with Crippen LogP contribution in [0.15, 0.2) is 71.7 Å². The summed E-state index contributed by atoms with van der Waals surface area (Å²) in [7, 11) is 0. The Morgan fingerprint density at radius 3 is 2.30 bits per heavy atom. The van der Waals surface area contributed by atoms with Gasteiger partial charge < -0.3 is 14.9 Å². The highest BCUT2D eigenvalue weighted by Crippen LogP contribution is 2.34. The van der Waals surface area contributed by atoms with Gasteiger partial charge >= 0.3 is 5.97 Å². The Kier molecular flexibility index (Phi) is 5.80. The summed E-state index contributed by atoms with van der Waals surface area (Å²) in [5, 5.41) is 19.6. The van der Waals surface area contributed by atoms with Crippen LogP contribution in [-0.2, 0) is 0 Å². The van der Waals surface area contributed by atoms with Gasteiger partial charge in [-0.3, -0.25) is 4.99 Å². The van der Waals surface area contributed by atoms with E-state index in [9.17, 15) is 15.0 Å². The SMILES string of the molecule is O=C(Oc1ccc(C=Nc2ccc(C3CCCC3)cc2)c(O)c1)c1ccc(O)cc1. The van der Waals surface area contributed by atoms with Crippen LogP contribution in [0, 0.1) is 0 Å². The maximum atomic E-state index is 12.1. The predicted octanol–water partition coefficient (Wildman–Crippen LogP) is 5.73. The molecule has 0 spiro atoms. The largest absolute Gasteiger partial charge is 0.508 e. The van der Waals surface area contributed by atoms with Crippen LogP contribution in [-0.4, -0.2) is 22.4 Å². The minimum atomic E-state index is -0.571. The van der Waals surface area contributed by atoms with E-state index >= 15 is 0 Å². The number of aromatic hydroxyl groups is 2. The molecule has 0 heterocycles. The lowest BCUT2D eigenvalue weighted by molar-refractivity contribution is 0.0734. The first kappa shape index (κ1) is 19.7. The van der Waals surface area contributed by atoms with E-state index in [1.165, 1.54) is 61.6 Å². The average Bonchev–Trinajstić information content (AvgIpc) is 3.29. The van der Waals surface area contributed by atoms with Gasteiger partial charge in [0.15, 0.2) is 0 Å². The van der Waals surface area contributed by atoms with Crippen molar-refractivity contribution in [3.63, 3.8) is 0 Å². The third kappa shape index (κ3) is 4.69. The number of benzene rings is 3. The third-order valence-corrected chi connectivity index (χ3v) is 5.39. The molecule has 1 saturated carbocycles. The van der Waals surface area contributed by atoms with Crippen LogP contribution in [0.25, 0.3) is 0 Å². The van der Waals surface area contributed by atoms with E-state index in [2.05, 4.69) is 17.1 Å². The molecule has 4 rings (SSSR count). The summed E-state index contributed by atoms with van der Waals surface area (Å²) in [5.41, 5.74) is 3.02. The number of esters is 1. The molecule has 0 aliphatic heterocycles. The van der Waals surface area contributed by atoms with Gasteiger partial charge in [-0.2, -0.15) is 0 Å². The minimum absolute atomic E-state index is 0.0302. The number of carbonyl (C=O) groups is 1. The van der Waals surface area contributed by atoms with Gasteiger partial charge in [-0.05, 0) is 72.9 Å². The minimum Gasteiger partial charge on any atom is -0.508 e. The first-order chi connectivity index (χ1) is 14.6. The number of ether oxygens (including phenoxy) is 1. The van der Waals surface area contributed by atoms with E-state index in [0.717, 1.165) is 5.69 Å². The summed E-state index contributed by atoms with van der Waals surface area (Å²) >= 11 is 0. The molecule has 1 aliphatic rings. The van der Waals surface area contributed by atoms with Gasteiger partial charge in [-0.1, -0.05) is 25.0 Å². The number of hydrogen-bond acceptors (Lipinski definition) is 5. The van der Waals surface area contributed by atoms with E-state index in [4.69, 9.17) is 4.74 Å². The Morgan fingerprint density at radius 2 is 1.63 bits per heavy atom. The van der Waals surface area contributed by atoms with Gasteiger partial charge in [0.2, 0.25) is 0 Å². The Balaban J connectivity index is 1.41. The molecular formula is C25H23NO4. The molecule has 2 N–H and O–H groups in total. The summed E-state index contributed by atoms with van der Waals surface area (Å²) in [5.74, 6) is 0.365. The van der Waals surface area contributed by atoms with Crippen molar-refractivity contribution in [1.29, 1.82) is 0 Å². The molecule has 5 nitrogen and oxygen atoms in total. The second kappa shape index (κ2) is 8.82. The summed E-state index contributed by atoms with van der Waals surface area (Å²) in [4.78, 5) is 16.6.